The van der Waals surface area contributed by atoms with Crippen LogP contribution >= 0.6 is 0 Å². The second-order valence-corrected chi connectivity index (χ2v) is 8.12. The van der Waals surface area contributed by atoms with Gasteiger partial charge in [-0.1, -0.05) is 103 Å². The number of anilines is 2. The first kappa shape index (κ1) is 18.6. The van der Waals surface area contributed by atoms with Crippen molar-refractivity contribution in [2.45, 2.75) is 5.54 Å². The predicted octanol–water partition coefficient (Wildman–Crippen LogP) is 7.12. The average Bonchev–Trinajstić information content (AvgIpc) is 3.12. The molecule has 6 rings (SSSR count). The number of carbonyl (C=O) groups excluding carboxylic acids is 1. The number of hydrogen-bond donors (Lipinski definition) is 0. The van der Waals surface area contributed by atoms with E-state index in [1.165, 1.54) is 0 Å². The Kier molecular flexibility index (Phi) is 4.19. The normalized spacial score (nSPS) is 16.9. The first-order chi connectivity index (χ1) is 15.8. The zero-order valence-corrected chi connectivity index (χ0v) is 17.5. The molecule has 0 amide bonds. The van der Waals surface area contributed by atoms with Gasteiger partial charge in [-0.05, 0) is 46.2 Å². The van der Waals surface area contributed by atoms with Gasteiger partial charge in [0.05, 0.1) is 0 Å². The lowest BCUT2D eigenvalue weighted by molar-refractivity contribution is 0.0926. The Morgan fingerprint density at radius 2 is 1.06 bits per heavy atom. The Bertz CT molecular complexity index is 1380. The van der Waals surface area contributed by atoms with E-state index in [-0.39, 0.29) is 5.78 Å². The second kappa shape index (κ2) is 7.21. The van der Waals surface area contributed by atoms with Crippen molar-refractivity contribution in [2.75, 3.05) is 4.90 Å². The maximum Gasteiger partial charge on any atom is 0.198 e. The Morgan fingerprint density at radius 1 is 0.531 bits per heavy atom. The van der Waals surface area contributed by atoms with E-state index in [2.05, 4.69) is 65.6 Å². The van der Waals surface area contributed by atoms with Crippen molar-refractivity contribution >= 4 is 27.9 Å². The van der Waals surface area contributed by atoms with Gasteiger partial charge in [0.2, 0.25) is 0 Å². The molecule has 0 saturated heterocycles. The first-order valence-corrected chi connectivity index (χ1v) is 10.8. The molecule has 2 nitrogen and oxygen atoms in total. The molecule has 0 spiro atoms. The Hall–Kier alpha value is -4.17. The molecule has 32 heavy (non-hydrogen) atoms. The van der Waals surface area contributed by atoms with Crippen LogP contribution in [0.5, 0.6) is 0 Å². The van der Waals surface area contributed by atoms with E-state index in [9.17, 15) is 4.79 Å². The number of Topliss-reactive ketones (excluding diaryl/α,β-unsaturated/α-hetero) is 1. The highest BCUT2D eigenvalue weighted by Crippen LogP contribution is 2.52. The number of carbonyl (C=O) groups is 1. The van der Waals surface area contributed by atoms with E-state index in [1.54, 1.807) is 0 Å². The van der Waals surface area contributed by atoms with Crippen molar-refractivity contribution in [1.29, 1.82) is 0 Å². The number of para-hydroxylation sites is 2. The fourth-order valence-corrected chi connectivity index (χ4v) is 5.16. The minimum atomic E-state index is -1.01. The summed E-state index contributed by atoms with van der Waals surface area (Å²) in [6.07, 6.45) is 0. The maximum atomic E-state index is 14.5. The molecule has 1 unspecified atom stereocenters. The first-order valence-electron chi connectivity index (χ1n) is 10.8. The highest BCUT2D eigenvalue weighted by atomic mass is 16.1. The zero-order chi connectivity index (χ0) is 21.5. The second-order valence-electron chi connectivity index (χ2n) is 8.12. The van der Waals surface area contributed by atoms with Gasteiger partial charge in [0, 0.05) is 16.9 Å². The van der Waals surface area contributed by atoms with Crippen molar-refractivity contribution in [2.24, 2.45) is 0 Å². The lowest BCUT2D eigenvalue weighted by Gasteiger charge is -2.43. The van der Waals surface area contributed by atoms with E-state index >= 15 is 0 Å². The minimum Gasteiger partial charge on any atom is -0.320 e. The molecule has 0 saturated carbocycles. The van der Waals surface area contributed by atoms with Gasteiger partial charge >= 0.3 is 0 Å². The molecule has 0 aromatic heterocycles. The van der Waals surface area contributed by atoms with Gasteiger partial charge in [0.15, 0.2) is 11.3 Å². The zero-order valence-electron chi connectivity index (χ0n) is 17.5. The van der Waals surface area contributed by atoms with Crippen LogP contribution in [-0.4, -0.2) is 5.78 Å². The summed E-state index contributed by atoms with van der Waals surface area (Å²) in [7, 11) is 0. The fourth-order valence-electron chi connectivity index (χ4n) is 5.16. The van der Waals surface area contributed by atoms with Gasteiger partial charge in [-0.15, -0.1) is 0 Å². The molecule has 1 aliphatic carbocycles. The summed E-state index contributed by atoms with van der Waals surface area (Å²) >= 11 is 0. The van der Waals surface area contributed by atoms with Gasteiger partial charge in [-0.2, -0.15) is 0 Å². The predicted molar refractivity (Wildman–Crippen MR) is 131 cm³/mol. The van der Waals surface area contributed by atoms with E-state index in [1.807, 2.05) is 66.7 Å². The summed E-state index contributed by atoms with van der Waals surface area (Å²) in [5.74, 6) is 0.100. The number of hydrogen-bond acceptors (Lipinski definition) is 2. The summed E-state index contributed by atoms with van der Waals surface area (Å²) in [6.45, 7) is 0. The van der Waals surface area contributed by atoms with Crippen LogP contribution in [0.3, 0.4) is 0 Å². The van der Waals surface area contributed by atoms with E-state index in [4.69, 9.17) is 0 Å². The average molecular weight is 412 g/mol. The Balaban J connectivity index is 1.78. The summed E-state index contributed by atoms with van der Waals surface area (Å²) < 4.78 is 0. The van der Waals surface area contributed by atoms with Crippen LogP contribution in [0.25, 0.3) is 10.8 Å². The van der Waals surface area contributed by atoms with Crippen LogP contribution in [0.2, 0.25) is 0 Å². The SMILES string of the molecule is O=C1c2cccc3cccc(c23)C1(c1ccccc1)N(c1ccccc1)c1ccccc1. The molecule has 2 heteroatoms. The highest BCUT2D eigenvalue weighted by Gasteiger charge is 2.53. The molecule has 5 aromatic carbocycles. The van der Waals surface area contributed by atoms with Crippen LogP contribution in [0, 0.1) is 0 Å². The third-order valence-corrected chi connectivity index (χ3v) is 6.42. The molecule has 1 aliphatic rings. The number of rotatable bonds is 4. The molecule has 5 aromatic rings. The van der Waals surface area contributed by atoms with Crippen molar-refractivity contribution < 1.29 is 4.79 Å². The lowest BCUT2D eigenvalue weighted by Crippen LogP contribution is -2.48. The quantitative estimate of drug-likeness (QED) is 0.314. The summed E-state index contributed by atoms with van der Waals surface area (Å²) in [5.41, 5.74) is 3.70. The van der Waals surface area contributed by atoms with E-state index in [0.29, 0.717) is 0 Å². The Labute approximate surface area is 187 Å². The molecular formula is C30H21NO. The van der Waals surface area contributed by atoms with Crippen molar-refractivity contribution in [1.82, 2.24) is 0 Å². The third kappa shape index (κ3) is 2.50. The van der Waals surface area contributed by atoms with E-state index in [0.717, 1.165) is 38.8 Å². The Morgan fingerprint density at radius 3 is 1.66 bits per heavy atom. The molecule has 0 heterocycles. The highest BCUT2D eigenvalue weighted by molar-refractivity contribution is 6.23. The number of ketones is 1. The number of nitrogens with zero attached hydrogens (tertiary/aromatic N) is 1. The molecule has 0 fully saturated rings. The van der Waals surface area contributed by atoms with Crippen LogP contribution in [0.15, 0.2) is 127 Å². The smallest absolute Gasteiger partial charge is 0.198 e. The van der Waals surface area contributed by atoms with E-state index < -0.39 is 5.54 Å². The third-order valence-electron chi connectivity index (χ3n) is 6.42. The molecule has 0 aliphatic heterocycles. The van der Waals surface area contributed by atoms with Crippen LogP contribution in [0.1, 0.15) is 21.5 Å². The van der Waals surface area contributed by atoms with Gasteiger partial charge in [0.1, 0.15) is 0 Å². The maximum absolute atomic E-state index is 14.5. The van der Waals surface area contributed by atoms with Crippen LogP contribution in [-0.2, 0) is 5.54 Å². The van der Waals surface area contributed by atoms with Crippen molar-refractivity contribution in [3.05, 3.63) is 144 Å². The lowest BCUT2D eigenvalue weighted by atomic mass is 9.79. The largest absolute Gasteiger partial charge is 0.320 e. The van der Waals surface area contributed by atoms with Crippen LogP contribution in [0.4, 0.5) is 11.4 Å². The molecule has 0 bridgehead atoms. The summed E-state index contributed by atoms with van der Waals surface area (Å²) in [6, 6.07) is 42.9. The molecule has 1 atom stereocenters. The fraction of sp³-hybridized carbons (Fsp3) is 0.0333. The molecule has 152 valence electrons. The van der Waals surface area contributed by atoms with Crippen molar-refractivity contribution in [3.8, 4) is 0 Å². The molecule has 0 radical (unpaired) electrons. The van der Waals surface area contributed by atoms with Gasteiger partial charge in [-0.25, -0.2) is 0 Å². The molecule has 0 N–H and O–H groups in total. The summed E-state index contributed by atoms with van der Waals surface area (Å²) in [5, 5.41) is 2.13. The van der Waals surface area contributed by atoms with Crippen LogP contribution < -0.4 is 4.90 Å². The van der Waals surface area contributed by atoms with Gasteiger partial charge < -0.3 is 4.90 Å². The monoisotopic (exact) mass is 411 g/mol. The van der Waals surface area contributed by atoms with Gasteiger partial charge in [0.25, 0.3) is 0 Å². The summed E-state index contributed by atoms with van der Waals surface area (Å²) in [4.78, 5) is 16.8. The minimum absolute atomic E-state index is 0.100. The van der Waals surface area contributed by atoms with Crippen molar-refractivity contribution in [3.63, 3.8) is 0 Å². The number of benzene rings is 5. The topological polar surface area (TPSA) is 20.3 Å². The molecular weight excluding hydrogens is 390 g/mol. The standard InChI is InChI=1S/C30H21NO/c32-29-26-20-10-12-22-13-11-21-27(28(22)26)30(29,23-14-4-1-5-15-23)31(24-16-6-2-7-17-24)25-18-8-3-9-19-25/h1-21H. The van der Waals surface area contributed by atoms with Gasteiger partial charge in [-0.3, -0.25) is 4.79 Å².